The number of hydrogen-bond acceptors (Lipinski definition) is 9. The maximum Gasteiger partial charge on any atom is 0.326 e. The van der Waals surface area contributed by atoms with Crippen molar-refractivity contribution in [3.63, 3.8) is 0 Å². The maximum absolute atomic E-state index is 13.9. The Morgan fingerprint density at radius 2 is 1.96 bits per heavy atom. The summed E-state index contributed by atoms with van der Waals surface area (Å²) in [5, 5.41) is 23.8. The van der Waals surface area contributed by atoms with Crippen LogP contribution in [0.5, 0.6) is 5.75 Å². The summed E-state index contributed by atoms with van der Waals surface area (Å²) in [6.45, 7) is 5.18. The molecule has 1 aliphatic heterocycles. The summed E-state index contributed by atoms with van der Waals surface area (Å²) in [5.74, 6) is -0.0288. The van der Waals surface area contributed by atoms with E-state index in [0.29, 0.717) is 48.9 Å². The fourth-order valence-corrected chi connectivity index (χ4v) is 7.44. The number of ether oxygens (including phenoxy) is 1. The summed E-state index contributed by atoms with van der Waals surface area (Å²) in [7, 11) is -0.248. The van der Waals surface area contributed by atoms with Gasteiger partial charge in [-0.15, -0.1) is 11.3 Å². The number of benzene rings is 2. The van der Waals surface area contributed by atoms with Crippen LogP contribution in [0.3, 0.4) is 0 Å². The lowest BCUT2D eigenvalue weighted by atomic mass is 9.97. The number of nitrogens with one attached hydrogen (secondary N) is 5. The van der Waals surface area contributed by atoms with Gasteiger partial charge in [0.05, 0.1) is 12.3 Å². The molecule has 0 saturated heterocycles. The Morgan fingerprint density at radius 1 is 1.12 bits per heavy atom. The van der Waals surface area contributed by atoms with Gasteiger partial charge in [0, 0.05) is 39.3 Å². The molecule has 2 aromatic carbocycles. The van der Waals surface area contributed by atoms with Gasteiger partial charge in [0.2, 0.25) is 0 Å². The highest BCUT2D eigenvalue weighted by atomic mass is 32.2. The van der Waals surface area contributed by atoms with Crippen molar-refractivity contribution in [3.8, 4) is 16.9 Å². The van der Waals surface area contributed by atoms with Gasteiger partial charge in [0.1, 0.15) is 27.4 Å². The first kappa shape index (κ1) is 37.3. The third kappa shape index (κ3) is 10.3. The van der Waals surface area contributed by atoms with E-state index < -0.39 is 28.9 Å². The zero-order valence-corrected chi connectivity index (χ0v) is 30.3. The number of aliphatic carboxylic acids is 1. The van der Waals surface area contributed by atoms with Gasteiger partial charge < -0.3 is 36.8 Å². The van der Waals surface area contributed by atoms with E-state index >= 15 is 0 Å². The Balaban J connectivity index is 1.24. The molecule has 270 valence electrons. The monoisotopic (exact) mass is 732 g/mol. The van der Waals surface area contributed by atoms with Gasteiger partial charge in [0.15, 0.2) is 16.9 Å². The molecular weight excluding hydrogens is 689 g/mol. The smallest absolute Gasteiger partial charge is 0.326 e. The molecule has 0 aliphatic carbocycles. The molecule has 1 aliphatic rings. The van der Waals surface area contributed by atoms with E-state index in [4.69, 9.17) is 10.5 Å². The van der Waals surface area contributed by atoms with Crippen LogP contribution in [-0.4, -0.2) is 71.5 Å². The van der Waals surface area contributed by atoms with Gasteiger partial charge >= 0.3 is 5.97 Å². The summed E-state index contributed by atoms with van der Waals surface area (Å²) >= 11 is 1.13. The van der Waals surface area contributed by atoms with Crippen LogP contribution in [0, 0.1) is 6.92 Å². The van der Waals surface area contributed by atoms with Crippen molar-refractivity contribution < 1.29 is 23.6 Å². The van der Waals surface area contributed by atoms with Gasteiger partial charge in [-0.3, -0.25) is 14.5 Å². The normalized spacial score (nSPS) is 13.5. The van der Waals surface area contributed by atoms with Crippen LogP contribution >= 0.6 is 11.3 Å². The van der Waals surface area contributed by atoms with Crippen LogP contribution in [0.4, 0.5) is 11.5 Å². The van der Waals surface area contributed by atoms with Crippen LogP contribution in [0.15, 0.2) is 76.1 Å². The number of carboxylic acid groups (broad SMARTS) is 1. The first-order chi connectivity index (χ1) is 24.7. The molecular formula is C36H44N8O5S2. The van der Waals surface area contributed by atoms with Crippen LogP contribution < -0.4 is 36.5 Å². The second kappa shape index (κ2) is 18.3. The molecule has 1 amide bonds. The Hall–Kier alpha value is -4.99. The van der Waals surface area contributed by atoms with Crippen molar-refractivity contribution >= 4 is 51.7 Å². The van der Waals surface area contributed by atoms with Crippen molar-refractivity contribution in [3.05, 3.63) is 87.7 Å². The van der Waals surface area contributed by atoms with E-state index in [2.05, 4.69) is 54.2 Å². The molecule has 0 spiro atoms. The van der Waals surface area contributed by atoms with E-state index in [0.717, 1.165) is 64.5 Å². The van der Waals surface area contributed by atoms with E-state index in [9.17, 15) is 18.9 Å². The molecule has 8 N–H and O–H groups in total. The minimum Gasteiger partial charge on any atom is -0.492 e. The number of carboxylic acids is 1. The number of amides is 1. The molecule has 2 unspecified atom stereocenters. The number of nitrogens with two attached hydrogens (primary N) is 1. The van der Waals surface area contributed by atoms with Gasteiger partial charge in [-0.25, -0.2) is 14.0 Å². The van der Waals surface area contributed by atoms with Crippen LogP contribution in [0.2, 0.25) is 0 Å². The number of thiophene rings is 1. The van der Waals surface area contributed by atoms with Crippen LogP contribution in [0.1, 0.15) is 45.6 Å². The van der Waals surface area contributed by atoms with Gasteiger partial charge in [-0.05, 0) is 90.2 Å². The number of carbonyl (C=O) groups is 2. The summed E-state index contributed by atoms with van der Waals surface area (Å²) in [4.78, 5) is 34.0. The third-order valence-electron chi connectivity index (χ3n) is 8.24. The summed E-state index contributed by atoms with van der Waals surface area (Å²) in [5.41, 5.74) is 11.1. The molecule has 0 radical (unpaired) electrons. The number of anilines is 2. The summed E-state index contributed by atoms with van der Waals surface area (Å²) < 4.78 is 22.9. The molecule has 2 atom stereocenters. The highest BCUT2D eigenvalue weighted by molar-refractivity contribution is 7.86. The lowest BCUT2D eigenvalue weighted by Crippen LogP contribution is -2.41. The average molecular weight is 733 g/mol. The number of rotatable bonds is 18. The zero-order chi connectivity index (χ0) is 36.2. The Bertz CT molecular complexity index is 1860. The average Bonchev–Trinajstić information content (AvgIpc) is 3.81. The highest BCUT2D eigenvalue weighted by Gasteiger charge is 2.26. The SMILES string of the molecule is CN=C(N)NCCCC(NC(=O)c1sccc1NS(=O)c1cc(-c2ccccc2CNCCCNc2ccc(C)cn2)cc2c1OCC2)C(=O)O. The lowest BCUT2D eigenvalue weighted by molar-refractivity contribution is -0.139. The molecule has 0 bridgehead atoms. The van der Waals surface area contributed by atoms with E-state index in [1.807, 2.05) is 43.5 Å². The Kier molecular flexibility index (Phi) is 13.4. The molecule has 5 rings (SSSR count). The van der Waals surface area contributed by atoms with Crippen LogP contribution in [-0.2, 0) is 28.7 Å². The number of aryl methyl sites for hydroxylation is 1. The largest absolute Gasteiger partial charge is 0.492 e. The minimum absolute atomic E-state index is 0.182. The minimum atomic E-state index is -1.80. The van der Waals surface area contributed by atoms with E-state index in [-0.39, 0.29) is 17.3 Å². The van der Waals surface area contributed by atoms with Gasteiger partial charge in [-0.2, -0.15) is 0 Å². The van der Waals surface area contributed by atoms with E-state index in [1.54, 1.807) is 18.5 Å². The topological polar surface area (TPSA) is 192 Å². The van der Waals surface area contributed by atoms with E-state index in [1.165, 1.54) is 0 Å². The number of hydrogen-bond donors (Lipinski definition) is 7. The van der Waals surface area contributed by atoms with Crippen LogP contribution in [0.25, 0.3) is 11.1 Å². The summed E-state index contributed by atoms with van der Waals surface area (Å²) in [6.07, 6.45) is 4.08. The number of aromatic nitrogens is 1. The number of carbonyl (C=O) groups excluding carboxylic acids is 1. The van der Waals surface area contributed by atoms with Crippen molar-refractivity contribution in [2.75, 3.05) is 43.3 Å². The van der Waals surface area contributed by atoms with Gasteiger partial charge in [0.25, 0.3) is 5.91 Å². The molecule has 13 nitrogen and oxygen atoms in total. The fourth-order valence-electron chi connectivity index (χ4n) is 5.55. The quantitative estimate of drug-likeness (QED) is 0.0442. The maximum atomic E-state index is 13.9. The van der Waals surface area contributed by atoms with Crippen molar-refractivity contribution in [2.24, 2.45) is 10.7 Å². The van der Waals surface area contributed by atoms with Crippen molar-refractivity contribution in [1.29, 1.82) is 0 Å². The number of guanidine groups is 1. The molecule has 2 aromatic heterocycles. The predicted molar refractivity (Wildman–Crippen MR) is 203 cm³/mol. The fraction of sp³-hybridized carbons (Fsp3) is 0.333. The molecule has 51 heavy (non-hydrogen) atoms. The number of nitrogens with zero attached hydrogens (tertiary/aromatic N) is 2. The lowest BCUT2D eigenvalue weighted by Gasteiger charge is -2.16. The Morgan fingerprint density at radius 3 is 2.75 bits per heavy atom. The number of pyridine rings is 1. The van der Waals surface area contributed by atoms with Crippen molar-refractivity contribution in [2.45, 2.75) is 50.1 Å². The number of aliphatic imine (C=N–C) groups is 1. The third-order valence-corrected chi connectivity index (χ3v) is 10.3. The molecule has 0 fully saturated rings. The zero-order valence-electron chi connectivity index (χ0n) is 28.7. The molecule has 15 heteroatoms. The standard InChI is InChI=1S/C36H44N8O5S2/c1-23-10-11-31(42-21-23)40-16-6-14-39-22-25-7-3-4-8-27(25)26-19-24-12-17-49-32(24)30(20-26)51(48)44-28-13-18-50-33(28)34(45)43-29(35(46)47)9-5-15-41-36(37)38-2/h3-4,7-8,10-11,13,18-21,29,39,44H,5-6,9,12,14-17,22H2,1-2H3,(H,40,42)(H,43,45)(H,46,47)(H3,37,38,41). The van der Waals surface area contributed by atoms with Crippen molar-refractivity contribution in [1.82, 2.24) is 20.9 Å². The Labute approximate surface area is 304 Å². The van der Waals surface area contributed by atoms with Gasteiger partial charge in [-0.1, -0.05) is 30.3 Å². The first-order valence-corrected chi connectivity index (χ1v) is 18.8. The first-order valence-electron chi connectivity index (χ1n) is 16.7. The molecule has 4 aromatic rings. The molecule has 0 saturated carbocycles. The second-order valence-electron chi connectivity index (χ2n) is 12.0. The second-order valence-corrected chi connectivity index (χ2v) is 14.1. The molecule has 3 heterocycles. The summed E-state index contributed by atoms with van der Waals surface area (Å²) in [6, 6.07) is 16.7. The number of fused-ring (bicyclic) bond motifs is 1. The highest BCUT2D eigenvalue weighted by Crippen LogP contribution is 2.38. The predicted octanol–water partition coefficient (Wildman–Crippen LogP) is 4.28.